The van der Waals surface area contributed by atoms with Gasteiger partial charge in [-0.1, -0.05) is 12.1 Å². The van der Waals surface area contributed by atoms with Gasteiger partial charge >= 0.3 is 0 Å². The molecule has 0 heterocycles. The van der Waals surface area contributed by atoms with Crippen molar-refractivity contribution in [1.29, 1.82) is 0 Å². The summed E-state index contributed by atoms with van der Waals surface area (Å²) in [5, 5.41) is 2.90. The van der Waals surface area contributed by atoms with Crippen LogP contribution in [0.4, 0.5) is 5.69 Å². The number of hydrogen-bond acceptors (Lipinski definition) is 5. The first-order valence-corrected chi connectivity index (χ1v) is 12.0. The number of rotatable bonds is 9. The predicted octanol–water partition coefficient (Wildman–Crippen LogP) is 3.45. The van der Waals surface area contributed by atoms with Gasteiger partial charge in [0.2, 0.25) is 10.0 Å². The second kappa shape index (κ2) is 9.84. The molecule has 0 aliphatic carbocycles. The Hall–Kier alpha value is -2.19. The molecule has 2 aromatic carbocycles. The summed E-state index contributed by atoms with van der Waals surface area (Å²) in [5.41, 5.74) is 1.58. The Morgan fingerprint density at radius 2 is 1.75 bits per heavy atom. The van der Waals surface area contributed by atoms with Crippen molar-refractivity contribution in [3.8, 4) is 5.75 Å². The minimum Gasteiger partial charge on any atom is -0.484 e. The van der Waals surface area contributed by atoms with Crippen LogP contribution in [0.5, 0.6) is 5.75 Å². The van der Waals surface area contributed by atoms with E-state index in [2.05, 4.69) is 5.32 Å². The van der Waals surface area contributed by atoms with Crippen molar-refractivity contribution < 1.29 is 17.9 Å². The van der Waals surface area contributed by atoms with Crippen molar-refractivity contribution in [3.05, 3.63) is 54.1 Å². The predicted molar refractivity (Wildman–Crippen MR) is 115 cm³/mol. The summed E-state index contributed by atoms with van der Waals surface area (Å²) in [6.45, 7) is 3.92. The molecule has 0 saturated heterocycles. The molecule has 0 aliphatic heterocycles. The van der Waals surface area contributed by atoms with E-state index in [4.69, 9.17) is 4.74 Å². The molecule has 0 aromatic heterocycles. The topological polar surface area (TPSA) is 75.7 Å². The van der Waals surface area contributed by atoms with Crippen LogP contribution in [-0.2, 0) is 14.8 Å². The van der Waals surface area contributed by atoms with E-state index in [1.165, 1.54) is 15.5 Å². The van der Waals surface area contributed by atoms with Crippen LogP contribution in [0.15, 0.2) is 53.4 Å². The highest BCUT2D eigenvalue weighted by atomic mass is 32.2. The first-order chi connectivity index (χ1) is 13.2. The zero-order valence-electron chi connectivity index (χ0n) is 16.5. The zero-order valence-corrected chi connectivity index (χ0v) is 18.1. The SMILES string of the molecule is CCN(c1ccc(OCC(=O)NC(C)c2ccc(SC)cc2)cc1)S(C)(=O)=O. The maximum atomic E-state index is 12.1. The lowest BCUT2D eigenvalue weighted by molar-refractivity contribution is -0.123. The Labute approximate surface area is 171 Å². The number of sulfonamides is 1. The molecule has 1 atom stereocenters. The minimum atomic E-state index is -3.32. The van der Waals surface area contributed by atoms with Crippen LogP contribution in [0.3, 0.4) is 0 Å². The number of amides is 1. The lowest BCUT2D eigenvalue weighted by atomic mass is 10.1. The molecule has 0 fully saturated rings. The molecular formula is C20H26N2O4S2. The van der Waals surface area contributed by atoms with Gasteiger partial charge in [0, 0.05) is 11.4 Å². The normalized spacial score (nSPS) is 12.3. The summed E-state index contributed by atoms with van der Waals surface area (Å²) in [7, 11) is -3.32. The highest BCUT2D eigenvalue weighted by Crippen LogP contribution is 2.22. The van der Waals surface area contributed by atoms with Crippen molar-refractivity contribution in [2.24, 2.45) is 0 Å². The van der Waals surface area contributed by atoms with Crippen LogP contribution in [0.25, 0.3) is 0 Å². The van der Waals surface area contributed by atoms with E-state index in [1.54, 1.807) is 43.0 Å². The van der Waals surface area contributed by atoms with Crippen molar-refractivity contribution in [2.75, 3.05) is 30.0 Å². The lowest BCUT2D eigenvalue weighted by Gasteiger charge is -2.20. The molecule has 0 saturated carbocycles. The first kappa shape index (κ1) is 22.1. The van der Waals surface area contributed by atoms with Gasteiger partial charge in [-0.2, -0.15) is 0 Å². The third-order valence-corrected chi connectivity index (χ3v) is 6.19. The van der Waals surface area contributed by atoms with Crippen LogP contribution < -0.4 is 14.4 Å². The summed E-state index contributed by atoms with van der Waals surface area (Å²) in [4.78, 5) is 13.3. The van der Waals surface area contributed by atoms with Gasteiger partial charge < -0.3 is 10.1 Å². The number of anilines is 1. The van der Waals surface area contributed by atoms with E-state index in [9.17, 15) is 13.2 Å². The average molecular weight is 423 g/mol. The van der Waals surface area contributed by atoms with Crippen LogP contribution in [0, 0.1) is 0 Å². The summed E-state index contributed by atoms with van der Waals surface area (Å²) >= 11 is 1.67. The van der Waals surface area contributed by atoms with Crippen molar-refractivity contribution in [2.45, 2.75) is 24.8 Å². The first-order valence-electron chi connectivity index (χ1n) is 8.88. The van der Waals surface area contributed by atoms with E-state index < -0.39 is 10.0 Å². The molecule has 28 heavy (non-hydrogen) atoms. The second-order valence-corrected chi connectivity index (χ2v) is 9.06. The monoisotopic (exact) mass is 422 g/mol. The maximum Gasteiger partial charge on any atom is 0.258 e. The van der Waals surface area contributed by atoms with E-state index in [1.807, 2.05) is 37.4 Å². The second-order valence-electron chi connectivity index (χ2n) is 6.27. The molecule has 0 bridgehead atoms. The summed E-state index contributed by atoms with van der Waals surface area (Å²) in [6.07, 6.45) is 3.19. The molecule has 6 nitrogen and oxygen atoms in total. The zero-order chi connectivity index (χ0) is 20.7. The molecule has 2 aromatic rings. The van der Waals surface area contributed by atoms with Gasteiger partial charge in [-0.25, -0.2) is 8.42 Å². The van der Waals surface area contributed by atoms with Gasteiger partial charge in [-0.15, -0.1) is 11.8 Å². The molecule has 0 radical (unpaired) electrons. The van der Waals surface area contributed by atoms with Crippen LogP contribution in [0.2, 0.25) is 0 Å². The lowest BCUT2D eigenvalue weighted by Crippen LogP contribution is -2.31. The Bertz CT molecular complexity index is 881. The van der Waals surface area contributed by atoms with E-state index in [0.717, 1.165) is 5.56 Å². The Morgan fingerprint density at radius 1 is 1.14 bits per heavy atom. The van der Waals surface area contributed by atoms with Gasteiger partial charge in [0.25, 0.3) is 5.91 Å². The number of carbonyl (C=O) groups is 1. The highest BCUT2D eigenvalue weighted by molar-refractivity contribution is 7.98. The third kappa shape index (κ3) is 6.17. The molecule has 8 heteroatoms. The van der Waals surface area contributed by atoms with Gasteiger partial charge in [-0.05, 0) is 62.1 Å². The number of nitrogens with one attached hydrogen (secondary N) is 1. The highest BCUT2D eigenvalue weighted by Gasteiger charge is 2.15. The average Bonchev–Trinajstić information content (AvgIpc) is 2.67. The molecule has 0 aliphatic rings. The largest absolute Gasteiger partial charge is 0.484 e. The number of thioether (sulfide) groups is 1. The summed E-state index contributed by atoms with van der Waals surface area (Å²) in [5.74, 6) is 0.275. The number of hydrogen-bond donors (Lipinski definition) is 1. The maximum absolute atomic E-state index is 12.1. The number of carbonyl (C=O) groups excluding carboxylic acids is 1. The fourth-order valence-corrected chi connectivity index (χ4v) is 4.11. The van der Waals surface area contributed by atoms with Crippen molar-refractivity contribution in [1.82, 2.24) is 5.32 Å². The Kier molecular flexibility index (Phi) is 7.77. The summed E-state index contributed by atoms with van der Waals surface area (Å²) in [6, 6.07) is 14.6. The molecule has 152 valence electrons. The number of nitrogens with zero attached hydrogens (tertiary/aromatic N) is 1. The fraction of sp³-hybridized carbons (Fsp3) is 0.350. The standard InChI is InChI=1S/C20H26N2O4S2/c1-5-22(28(4,24)25)17-8-10-18(11-9-17)26-14-20(23)21-15(2)16-6-12-19(27-3)13-7-16/h6-13,15H,5,14H2,1-4H3,(H,21,23). The third-order valence-electron chi connectivity index (χ3n) is 4.18. The quantitative estimate of drug-likeness (QED) is 0.627. The van der Waals surface area contributed by atoms with E-state index in [-0.39, 0.29) is 18.6 Å². The van der Waals surface area contributed by atoms with Gasteiger partial charge in [-0.3, -0.25) is 9.10 Å². The van der Waals surface area contributed by atoms with Gasteiger partial charge in [0.1, 0.15) is 5.75 Å². The molecule has 0 spiro atoms. The van der Waals surface area contributed by atoms with Crippen molar-refractivity contribution >= 4 is 33.4 Å². The Balaban J connectivity index is 1.89. The van der Waals surface area contributed by atoms with Crippen LogP contribution >= 0.6 is 11.8 Å². The van der Waals surface area contributed by atoms with Crippen LogP contribution in [0.1, 0.15) is 25.5 Å². The summed E-state index contributed by atoms with van der Waals surface area (Å²) < 4.78 is 30.3. The van der Waals surface area contributed by atoms with Gasteiger partial charge in [0.05, 0.1) is 18.0 Å². The Morgan fingerprint density at radius 3 is 2.25 bits per heavy atom. The van der Waals surface area contributed by atoms with E-state index in [0.29, 0.717) is 18.0 Å². The molecule has 2 rings (SSSR count). The number of benzene rings is 2. The van der Waals surface area contributed by atoms with Crippen LogP contribution in [-0.4, -0.2) is 40.0 Å². The molecular weight excluding hydrogens is 396 g/mol. The number of ether oxygens (including phenoxy) is 1. The smallest absolute Gasteiger partial charge is 0.258 e. The fourth-order valence-electron chi connectivity index (χ4n) is 2.73. The molecule has 1 unspecified atom stereocenters. The molecule has 1 amide bonds. The minimum absolute atomic E-state index is 0.115. The van der Waals surface area contributed by atoms with Crippen molar-refractivity contribution in [3.63, 3.8) is 0 Å². The van der Waals surface area contributed by atoms with Gasteiger partial charge in [0.15, 0.2) is 6.61 Å². The van der Waals surface area contributed by atoms with E-state index >= 15 is 0 Å². The molecule has 1 N–H and O–H groups in total.